The van der Waals surface area contributed by atoms with Gasteiger partial charge >= 0.3 is 0 Å². The van der Waals surface area contributed by atoms with E-state index in [2.05, 4.69) is 28.9 Å². The Balaban J connectivity index is 1.69. The van der Waals surface area contributed by atoms with Gasteiger partial charge in [-0.2, -0.15) is 0 Å². The molecule has 1 aromatic carbocycles. The maximum Gasteiger partial charge on any atom is 0.222 e. The van der Waals surface area contributed by atoms with Gasteiger partial charge in [0.1, 0.15) is 5.75 Å². The maximum atomic E-state index is 11.8. The lowest BCUT2D eigenvalue weighted by atomic mass is 10.2. The van der Waals surface area contributed by atoms with E-state index in [-0.39, 0.29) is 5.91 Å². The molecule has 0 aliphatic heterocycles. The van der Waals surface area contributed by atoms with Crippen molar-refractivity contribution in [3.63, 3.8) is 0 Å². The van der Waals surface area contributed by atoms with Crippen LogP contribution in [0.25, 0.3) is 10.9 Å². The number of aromatic nitrogens is 1. The standard InChI is InChI=1S/C17H22N2O2/c1-2-12-21-16-5-3-4-15-14(16)8-10-19(15)11-9-17(20)18-13-6-7-13/h3-5,8,10,13H,2,6-7,9,11-12H2,1H3,(H,18,20). The van der Waals surface area contributed by atoms with Crippen LogP contribution in [0.2, 0.25) is 0 Å². The van der Waals surface area contributed by atoms with Gasteiger partial charge in [0.05, 0.1) is 12.1 Å². The summed E-state index contributed by atoms with van der Waals surface area (Å²) in [4.78, 5) is 11.8. The number of benzene rings is 1. The van der Waals surface area contributed by atoms with Gasteiger partial charge in [-0.3, -0.25) is 4.79 Å². The number of nitrogens with zero attached hydrogens (tertiary/aromatic N) is 1. The summed E-state index contributed by atoms with van der Waals surface area (Å²) in [5, 5.41) is 4.15. The van der Waals surface area contributed by atoms with Gasteiger partial charge in [0.25, 0.3) is 0 Å². The number of rotatable bonds is 7. The topological polar surface area (TPSA) is 43.3 Å². The van der Waals surface area contributed by atoms with Crippen LogP contribution in [0.3, 0.4) is 0 Å². The quantitative estimate of drug-likeness (QED) is 0.850. The van der Waals surface area contributed by atoms with Crippen molar-refractivity contribution in [2.45, 2.75) is 45.2 Å². The number of aryl methyl sites for hydroxylation is 1. The summed E-state index contributed by atoms with van der Waals surface area (Å²) >= 11 is 0. The fourth-order valence-corrected chi connectivity index (χ4v) is 2.48. The molecule has 1 amide bonds. The Bertz CT molecular complexity index is 629. The molecule has 1 aromatic heterocycles. The van der Waals surface area contributed by atoms with Gasteiger partial charge < -0.3 is 14.6 Å². The molecule has 4 nitrogen and oxygen atoms in total. The average molecular weight is 286 g/mol. The van der Waals surface area contributed by atoms with E-state index in [1.807, 2.05) is 18.3 Å². The van der Waals surface area contributed by atoms with E-state index in [1.54, 1.807) is 0 Å². The highest BCUT2D eigenvalue weighted by Gasteiger charge is 2.22. The van der Waals surface area contributed by atoms with Crippen LogP contribution in [0, 0.1) is 0 Å². The first-order valence-electron chi connectivity index (χ1n) is 7.78. The van der Waals surface area contributed by atoms with E-state index in [1.165, 1.54) is 0 Å². The lowest BCUT2D eigenvalue weighted by molar-refractivity contribution is -0.121. The minimum atomic E-state index is 0.151. The molecule has 21 heavy (non-hydrogen) atoms. The molecule has 112 valence electrons. The van der Waals surface area contributed by atoms with Crippen molar-refractivity contribution < 1.29 is 9.53 Å². The lowest BCUT2D eigenvalue weighted by Crippen LogP contribution is -2.26. The molecule has 0 atom stereocenters. The molecular formula is C17H22N2O2. The maximum absolute atomic E-state index is 11.8. The van der Waals surface area contributed by atoms with Gasteiger partial charge in [-0.15, -0.1) is 0 Å². The van der Waals surface area contributed by atoms with Crippen molar-refractivity contribution >= 4 is 16.8 Å². The fraction of sp³-hybridized carbons (Fsp3) is 0.471. The molecular weight excluding hydrogens is 264 g/mol. The molecule has 0 unspecified atom stereocenters. The zero-order valence-electron chi connectivity index (χ0n) is 12.5. The zero-order valence-corrected chi connectivity index (χ0v) is 12.5. The number of carbonyl (C=O) groups excluding carboxylic acids is 1. The molecule has 1 aliphatic rings. The number of hydrogen-bond donors (Lipinski definition) is 1. The van der Waals surface area contributed by atoms with Crippen LogP contribution in [0.4, 0.5) is 0 Å². The van der Waals surface area contributed by atoms with Crippen LogP contribution >= 0.6 is 0 Å². The Morgan fingerprint density at radius 1 is 1.38 bits per heavy atom. The van der Waals surface area contributed by atoms with Crippen molar-refractivity contribution in [3.8, 4) is 5.75 Å². The molecule has 0 saturated heterocycles. The number of nitrogens with one attached hydrogen (secondary N) is 1. The number of ether oxygens (including phenoxy) is 1. The molecule has 3 rings (SSSR count). The Morgan fingerprint density at radius 3 is 3.00 bits per heavy atom. The molecule has 1 fully saturated rings. The largest absolute Gasteiger partial charge is 0.493 e. The highest BCUT2D eigenvalue weighted by atomic mass is 16.5. The van der Waals surface area contributed by atoms with Gasteiger partial charge in [-0.1, -0.05) is 13.0 Å². The Kier molecular flexibility index (Phi) is 4.13. The fourth-order valence-electron chi connectivity index (χ4n) is 2.48. The van der Waals surface area contributed by atoms with Crippen molar-refractivity contribution in [1.82, 2.24) is 9.88 Å². The van der Waals surface area contributed by atoms with Crippen molar-refractivity contribution in [3.05, 3.63) is 30.5 Å². The molecule has 0 bridgehead atoms. The van der Waals surface area contributed by atoms with Crippen molar-refractivity contribution in [2.75, 3.05) is 6.61 Å². The summed E-state index contributed by atoms with van der Waals surface area (Å²) in [5.41, 5.74) is 1.13. The third-order valence-electron chi connectivity index (χ3n) is 3.76. The minimum absolute atomic E-state index is 0.151. The minimum Gasteiger partial charge on any atom is -0.493 e. The second kappa shape index (κ2) is 6.20. The molecule has 2 aromatic rings. The van der Waals surface area contributed by atoms with Crippen LogP contribution in [-0.4, -0.2) is 23.1 Å². The predicted octanol–water partition coefficient (Wildman–Crippen LogP) is 3.10. The molecule has 1 aliphatic carbocycles. The highest BCUT2D eigenvalue weighted by Crippen LogP contribution is 2.27. The SMILES string of the molecule is CCCOc1cccc2c1ccn2CCC(=O)NC1CC1. The Labute approximate surface area is 125 Å². The third kappa shape index (κ3) is 3.38. The summed E-state index contributed by atoms with van der Waals surface area (Å²) in [5.74, 6) is 1.08. The Morgan fingerprint density at radius 2 is 2.24 bits per heavy atom. The van der Waals surface area contributed by atoms with E-state index < -0.39 is 0 Å². The van der Waals surface area contributed by atoms with Crippen LogP contribution in [-0.2, 0) is 11.3 Å². The monoisotopic (exact) mass is 286 g/mol. The van der Waals surface area contributed by atoms with Crippen LogP contribution in [0.5, 0.6) is 5.75 Å². The van der Waals surface area contributed by atoms with Crippen molar-refractivity contribution in [1.29, 1.82) is 0 Å². The lowest BCUT2D eigenvalue weighted by Gasteiger charge is -2.08. The predicted molar refractivity (Wildman–Crippen MR) is 83.5 cm³/mol. The summed E-state index contributed by atoms with van der Waals surface area (Å²) in [7, 11) is 0. The summed E-state index contributed by atoms with van der Waals surface area (Å²) < 4.78 is 7.90. The van der Waals surface area contributed by atoms with Crippen LogP contribution in [0.15, 0.2) is 30.5 Å². The normalized spacial score (nSPS) is 14.3. The Hall–Kier alpha value is -1.97. The van der Waals surface area contributed by atoms with E-state index in [4.69, 9.17) is 4.74 Å². The number of carbonyl (C=O) groups is 1. The molecule has 1 heterocycles. The van der Waals surface area contributed by atoms with E-state index >= 15 is 0 Å². The second-order valence-electron chi connectivity index (χ2n) is 5.64. The smallest absolute Gasteiger partial charge is 0.222 e. The van der Waals surface area contributed by atoms with Gasteiger partial charge in [0.2, 0.25) is 5.91 Å². The van der Waals surface area contributed by atoms with E-state index in [9.17, 15) is 4.79 Å². The molecule has 0 spiro atoms. The first kappa shape index (κ1) is 14.0. The summed E-state index contributed by atoms with van der Waals surface area (Å²) in [6, 6.07) is 8.59. The summed E-state index contributed by atoms with van der Waals surface area (Å²) in [6.45, 7) is 3.54. The zero-order chi connectivity index (χ0) is 14.7. The molecule has 0 radical (unpaired) electrons. The van der Waals surface area contributed by atoms with Crippen LogP contribution < -0.4 is 10.1 Å². The highest BCUT2D eigenvalue weighted by molar-refractivity contribution is 5.86. The third-order valence-corrected chi connectivity index (χ3v) is 3.76. The van der Waals surface area contributed by atoms with E-state index in [0.717, 1.165) is 42.5 Å². The van der Waals surface area contributed by atoms with Gasteiger partial charge in [-0.05, 0) is 37.5 Å². The first-order valence-corrected chi connectivity index (χ1v) is 7.78. The molecule has 4 heteroatoms. The van der Waals surface area contributed by atoms with Gasteiger partial charge in [0, 0.05) is 30.6 Å². The van der Waals surface area contributed by atoms with Crippen LogP contribution in [0.1, 0.15) is 32.6 Å². The first-order chi connectivity index (χ1) is 10.3. The number of amides is 1. The summed E-state index contributed by atoms with van der Waals surface area (Å²) in [6.07, 6.45) is 5.83. The van der Waals surface area contributed by atoms with E-state index in [0.29, 0.717) is 19.0 Å². The molecule has 1 saturated carbocycles. The second-order valence-corrected chi connectivity index (χ2v) is 5.64. The average Bonchev–Trinajstić information content (AvgIpc) is 3.20. The number of fused-ring (bicyclic) bond motifs is 1. The van der Waals surface area contributed by atoms with Crippen molar-refractivity contribution in [2.24, 2.45) is 0 Å². The number of hydrogen-bond acceptors (Lipinski definition) is 2. The van der Waals surface area contributed by atoms with Gasteiger partial charge in [-0.25, -0.2) is 0 Å². The molecule has 1 N–H and O–H groups in total. The van der Waals surface area contributed by atoms with Gasteiger partial charge in [0.15, 0.2) is 0 Å².